The van der Waals surface area contributed by atoms with E-state index < -0.39 is 58.6 Å². The summed E-state index contributed by atoms with van der Waals surface area (Å²) >= 11 is 0. The van der Waals surface area contributed by atoms with Crippen molar-refractivity contribution in [3.05, 3.63) is 130 Å². The number of phenolic OH excluding ortho intramolecular Hbond substituents is 2. The molecule has 316 valence electrons. The Labute approximate surface area is 352 Å². The lowest BCUT2D eigenvalue weighted by atomic mass is 10.1. The molecule has 18 heteroatoms. The summed E-state index contributed by atoms with van der Waals surface area (Å²) in [7, 11) is 2.34. The number of hydrogen-bond acceptors (Lipinski definition) is 12. The number of phenols is 3. The Hall–Kier alpha value is -8.67. The molecule has 8 N–H and O–H groups in total. The van der Waals surface area contributed by atoms with Crippen molar-refractivity contribution in [1.29, 1.82) is 0 Å². The second-order valence-corrected chi connectivity index (χ2v) is 13.6. The van der Waals surface area contributed by atoms with E-state index in [-0.39, 0.29) is 63.3 Å². The van der Waals surface area contributed by atoms with Crippen molar-refractivity contribution in [3.8, 4) is 28.7 Å². The molecule has 6 amide bonds. The standard InChI is InChI=1S/C44H37N5O13/c1-22(20-23-4-14-28(50)15-5-23)39(54)45-26-10-6-24(7-11-26)41(56)48-33-21-34(51)49(43(33)58)27-12-8-25(9-13-27)40(55)46-31-18-16-29(35(52)37(31)61-2)42(57)47-32-19-17-30(44(59)60)36(53)38(32)62-3/h4-20,33,50,52-53H,21H2,1-3H3,(H,45,54)(H,46,55)(H,47,57)(H,48,56)(H,59,60)/b22-20+/t33-/m0/s1. The first-order chi connectivity index (χ1) is 29.6. The van der Waals surface area contributed by atoms with Gasteiger partial charge in [-0.25, -0.2) is 9.69 Å². The normalized spacial score (nSPS) is 13.6. The third-order valence-electron chi connectivity index (χ3n) is 9.52. The molecule has 0 unspecified atom stereocenters. The van der Waals surface area contributed by atoms with Crippen molar-refractivity contribution in [2.45, 2.75) is 19.4 Å². The van der Waals surface area contributed by atoms with Gasteiger partial charge < -0.3 is 51.2 Å². The fraction of sp³-hybridized carbons (Fsp3) is 0.114. The molecule has 5 aromatic carbocycles. The number of ether oxygens (including phenoxy) is 2. The van der Waals surface area contributed by atoms with Gasteiger partial charge in [0.2, 0.25) is 5.91 Å². The molecule has 1 heterocycles. The maximum absolute atomic E-state index is 13.3. The summed E-state index contributed by atoms with van der Waals surface area (Å²) < 4.78 is 10.3. The highest BCUT2D eigenvalue weighted by molar-refractivity contribution is 6.23. The zero-order valence-corrected chi connectivity index (χ0v) is 33.0. The number of anilines is 4. The molecule has 1 atom stereocenters. The predicted molar refractivity (Wildman–Crippen MR) is 224 cm³/mol. The Morgan fingerprint density at radius 3 is 1.77 bits per heavy atom. The van der Waals surface area contributed by atoms with Crippen LogP contribution in [0.15, 0.2) is 103 Å². The number of nitrogens with zero attached hydrogens (tertiary/aromatic N) is 1. The van der Waals surface area contributed by atoms with E-state index in [0.717, 1.165) is 23.6 Å². The molecular formula is C44H37N5O13. The van der Waals surface area contributed by atoms with Gasteiger partial charge in [-0.1, -0.05) is 12.1 Å². The number of aromatic hydroxyl groups is 3. The number of aromatic carboxylic acids is 1. The monoisotopic (exact) mass is 843 g/mol. The average molecular weight is 844 g/mol. The van der Waals surface area contributed by atoms with Gasteiger partial charge in [-0.15, -0.1) is 0 Å². The molecule has 1 saturated heterocycles. The molecule has 0 saturated carbocycles. The number of methoxy groups -OCH3 is 2. The van der Waals surface area contributed by atoms with Crippen LogP contribution in [-0.2, 0) is 14.4 Å². The fourth-order valence-electron chi connectivity index (χ4n) is 6.33. The molecule has 18 nitrogen and oxygen atoms in total. The fourth-order valence-corrected chi connectivity index (χ4v) is 6.33. The minimum atomic E-state index is -1.43. The van der Waals surface area contributed by atoms with Crippen molar-refractivity contribution in [2.75, 3.05) is 35.1 Å². The van der Waals surface area contributed by atoms with E-state index in [1.807, 2.05) is 0 Å². The van der Waals surface area contributed by atoms with Crippen molar-refractivity contribution in [1.82, 2.24) is 5.32 Å². The van der Waals surface area contributed by atoms with Crippen LogP contribution in [0.25, 0.3) is 6.08 Å². The number of amides is 6. The van der Waals surface area contributed by atoms with Gasteiger partial charge in [0.1, 0.15) is 17.4 Å². The minimum absolute atomic E-state index is 0.0336. The van der Waals surface area contributed by atoms with Crippen LogP contribution in [-0.4, -0.2) is 82.1 Å². The predicted octanol–water partition coefficient (Wildman–Crippen LogP) is 5.13. The average Bonchev–Trinajstić information content (AvgIpc) is 3.52. The van der Waals surface area contributed by atoms with E-state index in [1.54, 1.807) is 25.1 Å². The minimum Gasteiger partial charge on any atom is -0.508 e. The SMILES string of the molecule is COc1c(NC(=O)c2ccc(NC(=O)c3ccc(N4C(=O)C[C@H](NC(=O)c5ccc(NC(=O)/C(C)=C/c6ccc(O)cc6)cc5)C4=O)cc3)c(OC)c2O)ccc(C(=O)O)c1O. The van der Waals surface area contributed by atoms with Gasteiger partial charge in [0.25, 0.3) is 29.5 Å². The van der Waals surface area contributed by atoms with Gasteiger partial charge in [-0.3, -0.25) is 28.8 Å². The quantitative estimate of drug-likeness (QED) is 0.0565. The summed E-state index contributed by atoms with van der Waals surface area (Å²) in [5.74, 6) is -7.23. The van der Waals surface area contributed by atoms with Crippen LogP contribution in [0.3, 0.4) is 0 Å². The molecular weight excluding hydrogens is 807 g/mol. The summed E-state index contributed by atoms with van der Waals surface area (Å²) in [5, 5.41) is 50.2. The Morgan fingerprint density at radius 2 is 1.19 bits per heavy atom. The van der Waals surface area contributed by atoms with Gasteiger partial charge in [0.05, 0.1) is 43.3 Å². The van der Waals surface area contributed by atoms with E-state index >= 15 is 0 Å². The van der Waals surface area contributed by atoms with E-state index in [4.69, 9.17) is 9.47 Å². The molecule has 0 spiro atoms. The first-order valence-electron chi connectivity index (χ1n) is 18.4. The number of nitrogens with one attached hydrogen (secondary N) is 4. The summed E-state index contributed by atoms with van der Waals surface area (Å²) in [6.45, 7) is 1.63. The zero-order chi connectivity index (χ0) is 44.8. The number of benzene rings is 5. The summed E-state index contributed by atoms with van der Waals surface area (Å²) in [4.78, 5) is 90.7. The molecule has 1 aliphatic rings. The highest BCUT2D eigenvalue weighted by atomic mass is 16.5. The number of carboxylic acids is 1. The first-order valence-corrected chi connectivity index (χ1v) is 18.4. The highest BCUT2D eigenvalue weighted by Crippen LogP contribution is 2.40. The second-order valence-electron chi connectivity index (χ2n) is 13.6. The van der Waals surface area contributed by atoms with Gasteiger partial charge in [-0.2, -0.15) is 0 Å². The van der Waals surface area contributed by atoms with E-state index in [9.17, 15) is 54.0 Å². The first kappa shape index (κ1) is 42.9. The maximum atomic E-state index is 13.3. The van der Waals surface area contributed by atoms with Crippen LogP contribution in [0.2, 0.25) is 0 Å². The van der Waals surface area contributed by atoms with Crippen LogP contribution < -0.4 is 35.6 Å². The lowest BCUT2D eigenvalue weighted by molar-refractivity contribution is -0.121. The summed E-state index contributed by atoms with van der Waals surface area (Å²) in [6, 6.07) is 21.2. The van der Waals surface area contributed by atoms with Crippen LogP contribution in [0.1, 0.15) is 60.3 Å². The second kappa shape index (κ2) is 18.1. The molecule has 6 rings (SSSR count). The molecule has 0 aromatic heterocycles. The van der Waals surface area contributed by atoms with Gasteiger partial charge in [0, 0.05) is 22.4 Å². The molecule has 5 aromatic rings. The van der Waals surface area contributed by atoms with Gasteiger partial charge in [-0.05, 0) is 103 Å². The van der Waals surface area contributed by atoms with Crippen LogP contribution in [0.4, 0.5) is 22.7 Å². The Kier molecular flexibility index (Phi) is 12.5. The van der Waals surface area contributed by atoms with E-state index in [2.05, 4.69) is 21.3 Å². The number of carbonyl (C=O) groups is 7. The molecule has 62 heavy (non-hydrogen) atoms. The Morgan fingerprint density at radius 1 is 0.661 bits per heavy atom. The molecule has 1 fully saturated rings. The molecule has 0 radical (unpaired) electrons. The Bertz CT molecular complexity index is 2660. The van der Waals surface area contributed by atoms with Crippen molar-refractivity contribution in [3.63, 3.8) is 0 Å². The van der Waals surface area contributed by atoms with Crippen molar-refractivity contribution in [2.24, 2.45) is 0 Å². The lowest BCUT2D eigenvalue weighted by Crippen LogP contribution is -2.41. The smallest absolute Gasteiger partial charge is 0.339 e. The number of hydrogen-bond donors (Lipinski definition) is 8. The maximum Gasteiger partial charge on any atom is 0.339 e. The van der Waals surface area contributed by atoms with Crippen LogP contribution in [0, 0.1) is 0 Å². The Balaban J connectivity index is 1.06. The summed E-state index contributed by atoms with van der Waals surface area (Å²) in [5.41, 5.74) is 0.986. The molecule has 0 bridgehead atoms. The third kappa shape index (κ3) is 9.13. The van der Waals surface area contributed by atoms with Crippen molar-refractivity contribution < 1.29 is 63.5 Å². The van der Waals surface area contributed by atoms with Crippen LogP contribution >= 0.6 is 0 Å². The third-order valence-corrected chi connectivity index (χ3v) is 9.52. The van der Waals surface area contributed by atoms with E-state index in [1.165, 1.54) is 86.0 Å². The van der Waals surface area contributed by atoms with Gasteiger partial charge >= 0.3 is 5.97 Å². The van der Waals surface area contributed by atoms with E-state index in [0.29, 0.717) is 11.3 Å². The zero-order valence-electron chi connectivity index (χ0n) is 33.0. The molecule has 1 aliphatic heterocycles. The van der Waals surface area contributed by atoms with Crippen LogP contribution in [0.5, 0.6) is 28.7 Å². The number of rotatable bonds is 13. The highest BCUT2D eigenvalue weighted by Gasteiger charge is 2.40. The largest absolute Gasteiger partial charge is 0.508 e. The van der Waals surface area contributed by atoms with Gasteiger partial charge in [0.15, 0.2) is 23.0 Å². The number of carbonyl (C=O) groups excluding carboxylic acids is 6. The topological polar surface area (TPSA) is 270 Å². The molecule has 0 aliphatic carbocycles. The number of imide groups is 1. The number of carboxylic acid groups (broad SMARTS) is 1. The summed E-state index contributed by atoms with van der Waals surface area (Å²) in [6.07, 6.45) is 1.33. The van der Waals surface area contributed by atoms with Crippen molar-refractivity contribution >= 4 is 70.2 Å². The lowest BCUT2D eigenvalue weighted by Gasteiger charge is -2.17.